The van der Waals surface area contributed by atoms with Gasteiger partial charge in [-0.05, 0) is 30.6 Å². The Labute approximate surface area is 187 Å². The molecule has 2 N–H and O–H groups in total. The number of rotatable bonds is 5. The summed E-state index contributed by atoms with van der Waals surface area (Å²) in [5, 5.41) is 17.5. The molecule has 0 saturated carbocycles. The summed E-state index contributed by atoms with van der Waals surface area (Å²) >= 11 is 1.62. The predicted molar refractivity (Wildman–Crippen MR) is 119 cm³/mol. The summed E-state index contributed by atoms with van der Waals surface area (Å²) in [6, 6.07) is 12.2. The van der Waals surface area contributed by atoms with Crippen LogP contribution in [0.3, 0.4) is 0 Å². The lowest BCUT2D eigenvalue weighted by atomic mass is 9.76. The van der Waals surface area contributed by atoms with Crippen molar-refractivity contribution in [2.75, 3.05) is 22.2 Å². The second-order valence-electron chi connectivity index (χ2n) is 8.13. The Balaban J connectivity index is 1.64. The number of benzene rings is 2. The van der Waals surface area contributed by atoms with Crippen LogP contribution < -0.4 is 15.5 Å². The number of anilines is 2. The van der Waals surface area contributed by atoms with Gasteiger partial charge in [-0.1, -0.05) is 24.3 Å². The van der Waals surface area contributed by atoms with Crippen LogP contribution in [-0.2, 0) is 19.9 Å². The molecule has 5 rings (SSSR count). The minimum atomic E-state index is -1.35. The summed E-state index contributed by atoms with van der Waals surface area (Å²) in [4.78, 5) is 52.3. The van der Waals surface area contributed by atoms with Crippen molar-refractivity contribution in [2.24, 2.45) is 11.8 Å². The number of amides is 3. The fourth-order valence-electron chi connectivity index (χ4n) is 5.25. The highest BCUT2D eigenvalue weighted by molar-refractivity contribution is 7.98. The Morgan fingerprint density at radius 1 is 1.12 bits per heavy atom. The van der Waals surface area contributed by atoms with E-state index in [4.69, 9.17) is 0 Å². The highest BCUT2D eigenvalue weighted by Crippen LogP contribution is 2.54. The molecule has 164 valence electrons. The standard InChI is InChI=1S/C22H20N4O5S/c1-32-10-9-16-17-18(22(24-16)14-7-2-3-8-15(14)23-21(22)29)20(28)25(19(17)27)12-5-4-6-13(11-12)26(30)31/h2-8,11,16-18,24H,9-10H2,1H3,(H,23,29)/t16-,17-,18+,22-/m0/s1. The molecule has 4 atom stereocenters. The van der Waals surface area contributed by atoms with E-state index >= 15 is 0 Å². The first-order valence-corrected chi connectivity index (χ1v) is 11.6. The number of hydrogen-bond donors (Lipinski definition) is 2. The third-order valence-electron chi connectivity index (χ3n) is 6.55. The van der Waals surface area contributed by atoms with Crippen molar-refractivity contribution >= 4 is 46.5 Å². The molecule has 0 aromatic heterocycles. The van der Waals surface area contributed by atoms with Gasteiger partial charge in [0, 0.05) is 29.4 Å². The van der Waals surface area contributed by atoms with E-state index in [0.717, 1.165) is 10.7 Å². The van der Waals surface area contributed by atoms with Crippen LogP contribution in [0.5, 0.6) is 0 Å². The first kappa shape index (κ1) is 20.7. The molecule has 2 aromatic rings. The molecule has 0 aliphatic carbocycles. The SMILES string of the molecule is CSCC[C@@H]1N[C@]2(C(=O)Nc3ccccc32)[C@H]2C(=O)N(c3cccc([N+](=O)[O-])c3)C(=O)[C@@H]12. The number of fused-ring (bicyclic) bond motifs is 4. The number of hydrogen-bond acceptors (Lipinski definition) is 7. The molecule has 3 aliphatic heterocycles. The van der Waals surface area contributed by atoms with E-state index in [-0.39, 0.29) is 23.3 Å². The van der Waals surface area contributed by atoms with Crippen molar-refractivity contribution in [3.05, 3.63) is 64.2 Å². The van der Waals surface area contributed by atoms with Crippen LogP contribution >= 0.6 is 11.8 Å². The molecule has 32 heavy (non-hydrogen) atoms. The van der Waals surface area contributed by atoms with E-state index in [0.29, 0.717) is 17.7 Å². The molecule has 3 aliphatic rings. The summed E-state index contributed by atoms with van der Waals surface area (Å²) in [6.45, 7) is 0. The number of para-hydroxylation sites is 1. The maximum Gasteiger partial charge on any atom is 0.271 e. The van der Waals surface area contributed by atoms with E-state index in [2.05, 4.69) is 10.6 Å². The Morgan fingerprint density at radius 2 is 1.91 bits per heavy atom. The Hall–Kier alpha value is -3.24. The van der Waals surface area contributed by atoms with Gasteiger partial charge in [-0.2, -0.15) is 11.8 Å². The summed E-state index contributed by atoms with van der Waals surface area (Å²) in [5.74, 6) is -2.25. The zero-order valence-electron chi connectivity index (χ0n) is 17.1. The van der Waals surface area contributed by atoms with Gasteiger partial charge in [0.1, 0.15) is 5.54 Å². The van der Waals surface area contributed by atoms with Crippen molar-refractivity contribution in [3.8, 4) is 0 Å². The van der Waals surface area contributed by atoms with E-state index < -0.39 is 34.1 Å². The molecule has 2 aromatic carbocycles. The van der Waals surface area contributed by atoms with Crippen molar-refractivity contribution in [1.82, 2.24) is 5.32 Å². The van der Waals surface area contributed by atoms with Gasteiger partial charge in [-0.25, -0.2) is 4.90 Å². The number of nitrogens with zero attached hydrogens (tertiary/aromatic N) is 2. The van der Waals surface area contributed by atoms with Crippen LogP contribution in [0.1, 0.15) is 12.0 Å². The molecule has 0 unspecified atom stereocenters. The molecule has 3 amide bonds. The van der Waals surface area contributed by atoms with Gasteiger partial charge in [0.05, 0.1) is 22.4 Å². The lowest BCUT2D eigenvalue weighted by Gasteiger charge is -2.29. The van der Waals surface area contributed by atoms with Gasteiger partial charge in [0.2, 0.25) is 17.7 Å². The monoisotopic (exact) mass is 452 g/mol. The highest BCUT2D eigenvalue weighted by atomic mass is 32.2. The van der Waals surface area contributed by atoms with Crippen LogP contribution in [-0.4, -0.2) is 40.7 Å². The van der Waals surface area contributed by atoms with Crippen LogP contribution in [0.25, 0.3) is 0 Å². The minimum Gasteiger partial charge on any atom is -0.324 e. The van der Waals surface area contributed by atoms with Crippen LogP contribution in [0.15, 0.2) is 48.5 Å². The van der Waals surface area contributed by atoms with Gasteiger partial charge in [-0.15, -0.1) is 0 Å². The van der Waals surface area contributed by atoms with E-state index in [1.54, 1.807) is 36.0 Å². The lowest BCUT2D eigenvalue weighted by molar-refractivity contribution is -0.384. The average Bonchev–Trinajstić information content (AvgIpc) is 3.37. The third-order valence-corrected chi connectivity index (χ3v) is 7.20. The smallest absolute Gasteiger partial charge is 0.271 e. The molecule has 0 radical (unpaired) electrons. The lowest BCUT2D eigenvalue weighted by Crippen LogP contribution is -2.53. The Bertz CT molecular complexity index is 1170. The first-order valence-electron chi connectivity index (χ1n) is 10.2. The summed E-state index contributed by atoms with van der Waals surface area (Å²) in [7, 11) is 0. The third kappa shape index (κ3) is 2.72. The second-order valence-corrected chi connectivity index (χ2v) is 9.12. The van der Waals surface area contributed by atoms with Gasteiger partial charge < -0.3 is 5.32 Å². The molecule has 1 spiro atoms. The quantitative estimate of drug-likeness (QED) is 0.405. The second kappa shape index (κ2) is 7.42. The topological polar surface area (TPSA) is 122 Å². The van der Waals surface area contributed by atoms with Crippen LogP contribution in [0.4, 0.5) is 17.1 Å². The van der Waals surface area contributed by atoms with Gasteiger partial charge >= 0.3 is 0 Å². The molecular formula is C22H20N4O5S. The maximum absolute atomic E-state index is 13.7. The fourth-order valence-corrected chi connectivity index (χ4v) is 5.74. The summed E-state index contributed by atoms with van der Waals surface area (Å²) in [5.41, 5.74) is -0.158. The van der Waals surface area contributed by atoms with E-state index in [1.165, 1.54) is 24.3 Å². The number of thioether (sulfide) groups is 1. The number of carbonyl (C=O) groups is 3. The van der Waals surface area contributed by atoms with Crippen molar-refractivity contribution in [3.63, 3.8) is 0 Å². The molecule has 2 saturated heterocycles. The molecule has 3 heterocycles. The van der Waals surface area contributed by atoms with Crippen molar-refractivity contribution in [2.45, 2.75) is 18.0 Å². The van der Waals surface area contributed by atoms with E-state index in [1.807, 2.05) is 6.26 Å². The zero-order valence-corrected chi connectivity index (χ0v) is 17.9. The predicted octanol–water partition coefficient (Wildman–Crippen LogP) is 2.27. The van der Waals surface area contributed by atoms with Crippen LogP contribution in [0, 0.1) is 22.0 Å². The van der Waals surface area contributed by atoms with Gasteiger partial charge in [-0.3, -0.25) is 29.8 Å². The van der Waals surface area contributed by atoms with Crippen molar-refractivity contribution < 1.29 is 19.3 Å². The molecular weight excluding hydrogens is 432 g/mol. The maximum atomic E-state index is 13.7. The summed E-state index contributed by atoms with van der Waals surface area (Å²) in [6.07, 6.45) is 2.55. The summed E-state index contributed by atoms with van der Waals surface area (Å²) < 4.78 is 0. The van der Waals surface area contributed by atoms with Gasteiger partial charge in [0.25, 0.3) is 5.69 Å². The number of nitro benzene ring substituents is 1. The number of non-ortho nitro benzene ring substituents is 1. The highest BCUT2D eigenvalue weighted by Gasteiger charge is 2.70. The van der Waals surface area contributed by atoms with Gasteiger partial charge in [0.15, 0.2) is 0 Å². The largest absolute Gasteiger partial charge is 0.324 e. The molecule has 0 bridgehead atoms. The molecule has 9 nitrogen and oxygen atoms in total. The van der Waals surface area contributed by atoms with Crippen LogP contribution in [0.2, 0.25) is 0 Å². The zero-order chi connectivity index (χ0) is 22.6. The van der Waals surface area contributed by atoms with E-state index in [9.17, 15) is 24.5 Å². The first-order chi connectivity index (χ1) is 15.4. The van der Waals surface area contributed by atoms with Crippen molar-refractivity contribution in [1.29, 1.82) is 0 Å². The number of nitrogens with one attached hydrogen (secondary N) is 2. The normalized spacial score (nSPS) is 28.2. The molecule has 10 heteroatoms. The molecule has 2 fully saturated rings. The fraction of sp³-hybridized carbons (Fsp3) is 0.318. The number of carbonyl (C=O) groups excluding carboxylic acids is 3. The number of nitro groups is 1. The minimum absolute atomic E-state index is 0.147. The number of imide groups is 1. The average molecular weight is 452 g/mol. The Kier molecular flexibility index (Phi) is 4.79. The Morgan fingerprint density at radius 3 is 2.66 bits per heavy atom.